The van der Waals surface area contributed by atoms with Crippen LogP contribution in [0.3, 0.4) is 0 Å². The van der Waals surface area contributed by atoms with Crippen molar-refractivity contribution < 1.29 is 18.7 Å². The Morgan fingerprint density at radius 3 is 2.60 bits per heavy atom. The van der Waals surface area contributed by atoms with Crippen molar-refractivity contribution in [2.75, 3.05) is 39.1 Å². The van der Waals surface area contributed by atoms with Crippen LogP contribution in [0.25, 0.3) is 0 Å². The van der Waals surface area contributed by atoms with Gasteiger partial charge < -0.3 is 19.5 Å². The van der Waals surface area contributed by atoms with Gasteiger partial charge in [0.1, 0.15) is 0 Å². The molecule has 0 aliphatic rings. The minimum absolute atomic E-state index is 0.0641. The second-order valence-electron chi connectivity index (χ2n) is 3.14. The summed E-state index contributed by atoms with van der Waals surface area (Å²) in [6.45, 7) is 6.62. The summed E-state index contributed by atoms with van der Waals surface area (Å²) in [5.74, 6) is 0. The molecule has 0 aromatic carbocycles. The fourth-order valence-corrected chi connectivity index (χ4v) is 1.89. The lowest BCUT2D eigenvalue weighted by molar-refractivity contribution is 0.145. The smallest absolute Gasteiger partial charge is 0.330 e. The zero-order chi connectivity index (χ0) is 11.6. The van der Waals surface area contributed by atoms with E-state index in [-0.39, 0.29) is 19.4 Å². The summed E-state index contributed by atoms with van der Waals surface area (Å²) in [6.07, 6.45) is 1.16. The predicted molar refractivity (Wildman–Crippen MR) is 60.3 cm³/mol. The quantitative estimate of drug-likeness (QED) is 0.443. The van der Waals surface area contributed by atoms with E-state index in [2.05, 4.69) is 16.8 Å². The fraction of sp³-hybridized carbons (Fsp3) is 1.00. The van der Waals surface area contributed by atoms with Crippen LogP contribution in [0.15, 0.2) is 0 Å². The third-order valence-electron chi connectivity index (χ3n) is 1.70. The molecule has 0 radical (unpaired) electrons. The van der Waals surface area contributed by atoms with Crippen LogP contribution < -0.4 is 5.32 Å². The molecule has 5 nitrogen and oxygen atoms in total. The first-order chi connectivity index (χ1) is 7.12. The van der Waals surface area contributed by atoms with Gasteiger partial charge in [-0.2, -0.15) is 0 Å². The van der Waals surface area contributed by atoms with E-state index in [1.54, 1.807) is 6.92 Å². The summed E-state index contributed by atoms with van der Waals surface area (Å²) < 4.78 is 21.1. The van der Waals surface area contributed by atoms with Crippen molar-refractivity contribution in [2.24, 2.45) is 0 Å². The third-order valence-corrected chi connectivity index (χ3v) is 3.11. The highest BCUT2D eigenvalue weighted by Gasteiger charge is 2.17. The number of rotatable bonds is 10. The normalized spacial score (nSPS) is 15.1. The SMILES string of the molecule is CCCNCCOCCP(=O)(O)OCC. The average Bonchev–Trinajstić information content (AvgIpc) is 2.16. The van der Waals surface area contributed by atoms with Crippen LogP contribution in [-0.2, 0) is 13.8 Å². The van der Waals surface area contributed by atoms with Gasteiger partial charge in [-0.15, -0.1) is 0 Å². The van der Waals surface area contributed by atoms with Crippen molar-refractivity contribution in [2.45, 2.75) is 20.3 Å². The van der Waals surface area contributed by atoms with Gasteiger partial charge in [0, 0.05) is 6.54 Å². The molecule has 0 fully saturated rings. The zero-order valence-corrected chi connectivity index (χ0v) is 10.5. The molecule has 0 spiro atoms. The molecule has 0 saturated carbocycles. The van der Waals surface area contributed by atoms with Crippen LogP contribution in [0.5, 0.6) is 0 Å². The van der Waals surface area contributed by atoms with Crippen LogP contribution in [0.2, 0.25) is 0 Å². The summed E-state index contributed by atoms with van der Waals surface area (Å²) in [4.78, 5) is 9.19. The van der Waals surface area contributed by atoms with Crippen LogP contribution in [-0.4, -0.2) is 44.0 Å². The Morgan fingerprint density at radius 1 is 1.27 bits per heavy atom. The molecule has 1 unspecified atom stereocenters. The summed E-state index contributed by atoms with van der Waals surface area (Å²) >= 11 is 0. The average molecular weight is 239 g/mol. The molecule has 2 N–H and O–H groups in total. The minimum atomic E-state index is -3.40. The summed E-state index contributed by atoms with van der Waals surface area (Å²) in [5, 5.41) is 3.17. The monoisotopic (exact) mass is 239 g/mol. The Balaban J connectivity index is 3.26. The van der Waals surface area contributed by atoms with E-state index >= 15 is 0 Å². The van der Waals surface area contributed by atoms with Gasteiger partial charge in [0.2, 0.25) is 0 Å². The van der Waals surface area contributed by atoms with Crippen molar-refractivity contribution in [3.05, 3.63) is 0 Å². The molecule has 0 aliphatic heterocycles. The van der Waals surface area contributed by atoms with Gasteiger partial charge in [-0.1, -0.05) is 6.92 Å². The number of hydrogen-bond donors (Lipinski definition) is 2. The fourth-order valence-electron chi connectivity index (χ4n) is 0.994. The topological polar surface area (TPSA) is 67.8 Å². The first-order valence-corrected chi connectivity index (χ1v) is 7.13. The molecule has 0 rings (SSSR count). The highest BCUT2D eigenvalue weighted by molar-refractivity contribution is 7.52. The molecule has 6 heteroatoms. The van der Waals surface area contributed by atoms with Gasteiger partial charge in [-0.3, -0.25) is 4.57 Å². The van der Waals surface area contributed by atoms with Crippen molar-refractivity contribution >= 4 is 7.60 Å². The molecule has 0 aromatic heterocycles. The van der Waals surface area contributed by atoms with E-state index in [1.165, 1.54) is 0 Å². The highest BCUT2D eigenvalue weighted by Crippen LogP contribution is 2.40. The van der Waals surface area contributed by atoms with Gasteiger partial charge >= 0.3 is 7.60 Å². The Bertz CT molecular complexity index is 189. The molecular formula is C9H22NO4P. The van der Waals surface area contributed by atoms with E-state index in [9.17, 15) is 9.46 Å². The molecular weight excluding hydrogens is 217 g/mol. The molecule has 15 heavy (non-hydrogen) atoms. The van der Waals surface area contributed by atoms with E-state index in [0.29, 0.717) is 6.61 Å². The van der Waals surface area contributed by atoms with Gasteiger partial charge in [-0.05, 0) is 19.9 Å². The molecule has 0 aromatic rings. The lowest BCUT2D eigenvalue weighted by Crippen LogP contribution is -2.21. The number of nitrogens with one attached hydrogen (secondary N) is 1. The van der Waals surface area contributed by atoms with E-state index in [4.69, 9.17) is 4.74 Å². The van der Waals surface area contributed by atoms with Crippen molar-refractivity contribution in [3.8, 4) is 0 Å². The second kappa shape index (κ2) is 9.31. The van der Waals surface area contributed by atoms with Crippen molar-refractivity contribution in [1.29, 1.82) is 0 Å². The Labute approximate surface area is 91.7 Å². The first-order valence-electron chi connectivity index (χ1n) is 5.37. The van der Waals surface area contributed by atoms with E-state index < -0.39 is 7.60 Å². The maximum atomic E-state index is 11.2. The van der Waals surface area contributed by atoms with Crippen LogP contribution >= 0.6 is 7.60 Å². The summed E-state index contributed by atoms with van der Waals surface area (Å²) in [5.41, 5.74) is 0. The van der Waals surface area contributed by atoms with Crippen molar-refractivity contribution in [3.63, 3.8) is 0 Å². The number of hydrogen-bond acceptors (Lipinski definition) is 4. The molecule has 0 heterocycles. The van der Waals surface area contributed by atoms with Gasteiger partial charge in [0.05, 0.1) is 26.0 Å². The Hall–Kier alpha value is 0.0700. The van der Waals surface area contributed by atoms with E-state index in [1.807, 2.05) is 0 Å². The van der Waals surface area contributed by atoms with Gasteiger partial charge in [0.25, 0.3) is 0 Å². The molecule has 0 bridgehead atoms. The third kappa shape index (κ3) is 10.4. The first kappa shape index (κ1) is 15.1. The molecule has 0 saturated heterocycles. The highest BCUT2D eigenvalue weighted by atomic mass is 31.2. The maximum absolute atomic E-state index is 11.2. The minimum Gasteiger partial charge on any atom is -0.379 e. The molecule has 0 aliphatic carbocycles. The lowest BCUT2D eigenvalue weighted by Gasteiger charge is -2.10. The maximum Gasteiger partial charge on any atom is 0.330 e. The summed E-state index contributed by atoms with van der Waals surface area (Å²) in [7, 11) is -3.40. The Kier molecular flexibility index (Phi) is 9.35. The zero-order valence-electron chi connectivity index (χ0n) is 9.57. The van der Waals surface area contributed by atoms with E-state index in [0.717, 1.165) is 19.5 Å². The predicted octanol–water partition coefficient (Wildman–Crippen LogP) is 1.22. The molecule has 92 valence electrons. The second-order valence-corrected chi connectivity index (χ2v) is 5.12. The standard InChI is InChI=1S/C9H22NO4P/c1-3-5-10-6-7-13-8-9-15(11,12)14-4-2/h10H,3-9H2,1-2H3,(H,11,12). The Morgan fingerprint density at radius 2 is 2.00 bits per heavy atom. The van der Waals surface area contributed by atoms with Gasteiger partial charge in [0.15, 0.2) is 0 Å². The summed E-state index contributed by atoms with van der Waals surface area (Å²) in [6, 6.07) is 0. The van der Waals surface area contributed by atoms with Crippen LogP contribution in [0.1, 0.15) is 20.3 Å². The largest absolute Gasteiger partial charge is 0.379 e. The molecule has 1 atom stereocenters. The van der Waals surface area contributed by atoms with Gasteiger partial charge in [-0.25, -0.2) is 0 Å². The number of ether oxygens (including phenoxy) is 1. The van der Waals surface area contributed by atoms with Crippen LogP contribution in [0, 0.1) is 0 Å². The molecule has 0 amide bonds. The van der Waals surface area contributed by atoms with Crippen molar-refractivity contribution in [1.82, 2.24) is 5.32 Å². The van der Waals surface area contributed by atoms with Crippen LogP contribution in [0.4, 0.5) is 0 Å². The lowest BCUT2D eigenvalue weighted by atomic mass is 10.5.